The van der Waals surface area contributed by atoms with Crippen molar-refractivity contribution in [3.05, 3.63) is 35.1 Å². The molecule has 96 valence electrons. The molecule has 1 atom stereocenters. The Bertz CT molecular complexity index is 453. The van der Waals surface area contributed by atoms with Crippen LogP contribution in [0.2, 0.25) is 0 Å². The molecule has 0 bridgehead atoms. The Kier molecular flexibility index (Phi) is 4.29. The van der Waals surface area contributed by atoms with Gasteiger partial charge in [0.25, 0.3) is 0 Å². The van der Waals surface area contributed by atoms with E-state index in [9.17, 15) is 4.39 Å². The van der Waals surface area contributed by atoms with Gasteiger partial charge in [-0.05, 0) is 32.5 Å². The molecular weight excluding hydrogens is 229 g/mol. The lowest BCUT2D eigenvalue weighted by Gasteiger charge is -2.32. The average Bonchev–Trinajstić information content (AvgIpc) is 2.41. The first-order chi connectivity index (χ1) is 8.74. The predicted octanol–water partition coefficient (Wildman–Crippen LogP) is 1.88. The fourth-order valence-corrected chi connectivity index (χ4v) is 2.46. The van der Waals surface area contributed by atoms with Crippen molar-refractivity contribution in [2.45, 2.75) is 25.4 Å². The van der Waals surface area contributed by atoms with E-state index < -0.39 is 0 Å². The van der Waals surface area contributed by atoms with Crippen molar-refractivity contribution in [2.24, 2.45) is 0 Å². The monoisotopic (exact) mass is 247 g/mol. The lowest BCUT2D eigenvalue weighted by Crippen LogP contribution is -2.44. The van der Waals surface area contributed by atoms with Crippen LogP contribution >= 0.6 is 0 Å². The van der Waals surface area contributed by atoms with E-state index in [1.165, 1.54) is 12.5 Å². The highest BCUT2D eigenvalue weighted by Crippen LogP contribution is 2.17. The maximum atomic E-state index is 13.9. The van der Waals surface area contributed by atoms with Gasteiger partial charge < -0.3 is 5.32 Å². The third-order valence-electron chi connectivity index (χ3n) is 3.51. The van der Waals surface area contributed by atoms with Crippen LogP contribution in [0, 0.1) is 17.1 Å². The molecule has 0 saturated carbocycles. The zero-order chi connectivity index (χ0) is 13.0. The summed E-state index contributed by atoms with van der Waals surface area (Å²) in [5, 5.41) is 12.1. The molecule has 18 heavy (non-hydrogen) atoms. The molecule has 1 saturated heterocycles. The molecule has 0 spiro atoms. The van der Waals surface area contributed by atoms with Crippen LogP contribution < -0.4 is 5.32 Å². The highest BCUT2D eigenvalue weighted by molar-refractivity contribution is 5.34. The molecule has 1 fully saturated rings. The molecule has 1 heterocycles. The Morgan fingerprint density at radius 3 is 3.11 bits per heavy atom. The van der Waals surface area contributed by atoms with Gasteiger partial charge in [0.1, 0.15) is 11.9 Å². The van der Waals surface area contributed by atoms with E-state index in [1.54, 1.807) is 12.1 Å². The summed E-state index contributed by atoms with van der Waals surface area (Å²) in [4.78, 5) is 2.24. The maximum Gasteiger partial charge on any atom is 0.145 e. The molecule has 2 rings (SSSR count). The minimum Gasteiger partial charge on any atom is -0.316 e. The normalized spacial score (nSPS) is 20.6. The fraction of sp³-hybridized carbons (Fsp3) is 0.500. The maximum absolute atomic E-state index is 13.9. The highest BCUT2D eigenvalue weighted by Gasteiger charge is 2.19. The first kappa shape index (κ1) is 13.0. The van der Waals surface area contributed by atoms with Crippen molar-refractivity contribution in [1.29, 1.82) is 5.26 Å². The fourth-order valence-electron chi connectivity index (χ4n) is 2.46. The molecule has 0 aromatic heterocycles. The van der Waals surface area contributed by atoms with Crippen molar-refractivity contribution in [1.82, 2.24) is 10.2 Å². The summed E-state index contributed by atoms with van der Waals surface area (Å²) in [6.45, 7) is 2.51. The van der Waals surface area contributed by atoms with Crippen LogP contribution in [0.15, 0.2) is 18.2 Å². The van der Waals surface area contributed by atoms with Gasteiger partial charge in [0.15, 0.2) is 0 Å². The van der Waals surface area contributed by atoms with E-state index in [4.69, 9.17) is 5.26 Å². The molecular formula is C14H18FN3. The summed E-state index contributed by atoms with van der Waals surface area (Å²) >= 11 is 0. The molecule has 3 nitrogen and oxygen atoms in total. The Hall–Kier alpha value is -1.44. The third kappa shape index (κ3) is 2.87. The van der Waals surface area contributed by atoms with Crippen LogP contribution in [-0.2, 0) is 6.54 Å². The molecule has 1 aliphatic heterocycles. The average molecular weight is 247 g/mol. The van der Waals surface area contributed by atoms with Crippen molar-refractivity contribution in [2.75, 3.05) is 20.1 Å². The number of benzene rings is 1. The van der Waals surface area contributed by atoms with Gasteiger partial charge in [0, 0.05) is 24.7 Å². The van der Waals surface area contributed by atoms with Crippen LogP contribution in [0.3, 0.4) is 0 Å². The molecule has 1 N–H and O–H groups in total. The van der Waals surface area contributed by atoms with Crippen molar-refractivity contribution >= 4 is 0 Å². The number of nitriles is 1. The Balaban J connectivity index is 2.07. The third-order valence-corrected chi connectivity index (χ3v) is 3.51. The standard InChI is InChI=1S/C14H18FN3/c1-17-13-6-3-7-18(10-13)9-12-5-2-4-11(8-16)14(12)15/h2,4-5,13,17H,3,6-7,9-10H2,1H3. The first-order valence-electron chi connectivity index (χ1n) is 6.31. The number of hydrogen-bond donors (Lipinski definition) is 1. The Morgan fingerprint density at radius 2 is 2.39 bits per heavy atom. The minimum absolute atomic E-state index is 0.134. The van der Waals surface area contributed by atoms with Gasteiger partial charge in [-0.3, -0.25) is 4.90 Å². The van der Waals surface area contributed by atoms with Crippen LogP contribution in [0.4, 0.5) is 4.39 Å². The van der Waals surface area contributed by atoms with Gasteiger partial charge in [-0.1, -0.05) is 12.1 Å². The van der Waals surface area contributed by atoms with Gasteiger partial charge in [-0.15, -0.1) is 0 Å². The Morgan fingerprint density at radius 1 is 1.56 bits per heavy atom. The summed E-state index contributed by atoms with van der Waals surface area (Å²) in [6.07, 6.45) is 2.30. The molecule has 4 heteroatoms. The van der Waals surface area contributed by atoms with Crippen LogP contribution in [-0.4, -0.2) is 31.1 Å². The molecule has 0 radical (unpaired) electrons. The van der Waals surface area contributed by atoms with Gasteiger partial charge in [0.2, 0.25) is 0 Å². The molecule has 1 aromatic carbocycles. The quantitative estimate of drug-likeness (QED) is 0.886. The second-order valence-corrected chi connectivity index (χ2v) is 4.75. The number of halogens is 1. The Labute approximate surface area is 107 Å². The van der Waals surface area contributed by atoms with Crippen molar-refractivity contribution in [3.8, 4) is 6.07 Å². The molecule has 0 amide bonds. The van der Waals surface area contributed by atoms with Crippen molar-refractivity contribution < 1.29 is 4.39 Å². The predicted molar refractivity (Wildman–Crippen MR) is 68.5 cm³/mol. The molecule has 1 aliphatic rings. The first-order valence-corrected chi connectivity index (χ1v) is 6.31. The van der Waals surface area contributed by atoms with E-state index in [0.29, 0.717) is 18.2 Å². The van der Waals surface area contributed by atoms with Gasteiger partial charge in [0.05, 0.1) is 5.56 Å². The molecule has 1 unspecified atom stereocenters. The second kappa shape index (κ2) is 5.94. The number of nitrogens with zero attached hydrogens (tertiary/aromatic N) is 2. The molecule has 1 aromatic rings. The number of rotatable bonds is 3. The summed E-state index contributed by atoms with van der Waals surface area (Å²) in [5.74, 6) is -0.369. The van der Waals surface area contributed by atoms with E-state index in [0.717, 1.165) is 19.5 Å². The van der Waals surface area contributed by atoms with E-state index >= 15 is 0 Å². The number of likely N-dealkylation sites (tertiary alicyclic amines) is 1. The van der Waals surface area contributed by atoms with E-state index in [-0.39, 0.29) is 11.4 Å². The topological polar surface area (TPSA) is 39.1 Å². The second-order valence-electron chi connectivity index (χ2n) is 4.75. The van der Waals surface area contributed by atoms with E-state index in [1.807, 2.05) is 13.1 Å². The summed E-state index contributed by atoms with van der Waals surface area (Å²) in [6, 6.07) is 7.40. The summed E-state index contributed by atoms with van der Waals surface area (Å²) in [5.41, 5.74) is 0.750. The zero-order valence-corrected chi connectivity index (χ0v) is 10.6. The smallest absolute Gasteiger partial charge is 0.145 e. The van der Waals surface area contributed by atoms with Crippen molar-refractivity contribution in [3.63, 3.8) is 0 Å². The lowest BCUT2D eigenvalue weighted by molar-refractivity contribution is 0.186. The van der Waals surface area contributed by atoms with Gasteiger partial charge in [-0.25, -0.2) is 4.39 Å². The van der Waals surface area contributed by atoms with Crippen LogP contribution in [0.1, 0.15) is 24.0 Å². The number of hydrogen-bond acceptors (Lipinski definition) is 3. The highest BCUT2D eigenvalue weighted by atomic mass is 19.1. The minimum atomic E-state index is -0.369. The SMILES string of the molecule is CNC1CCCN(Cc2cccc(C#N)c2F)C1. The zero-order valence-electron chi connectivity index (χ0n) is 10.6. The van der Waals surface area contributed by atoms with Gasteiger partial charge in [-0.2, -0.15) is 5.26 Å². The van der Waals surface area contributed by atoms with Crippen LogP contribution in [0.25, 0.3) is 0 Å². The lowest BCUT2D eigenvalue weighted by atomic mass is 10.0. The largest absolute Gasteiger partial charge is 0.316 e. The molecule has 0 aliphatic carbocycles. The summed E-state index contributed by atoms with van der Waals surface area (Å²) < 4.78 is 13.9. The number of likely N-dealkylation sites (N-methyl/N-ethyl adjacent to an activating group) is 1. The van der Waals surface area contributed by atoms with Gasteiger partial charge >= 0.3 is 0 Å². The number of nitrogens with one attached hydrogen (secondary N) is 1. The summed E-state index contributed by atoms with van der Waals surface area (Å²) in [7, 11) is 1.96. The van der Waals surface area contributed by atoms with Crippen LogP contribution in [0.5, 0.6) is 0 Å². The van der Waals surface area contributed by atoms with E-state index in [2.05, 4.69) is 10.2 Å². The number of piperidine rings is 1.